The molecule has 2 heterocycles. The first-order chi connectivity index (χ1) is 14.2. The van der Waals surface area contributed by atoms with Crippen molar-refractivity contribution >= 4 is 39.9 Å². The number of hydrogen-bond donors (Lipinski definition) is 2. The maximum atomic E-state index is 6.37. The molecule has 5 nitrogen and oxygen atoms in total. The molecule has 0 bridgehead atoms. The minimum absolute atomic E-state index is 0.529. The number of allylic oxidation sites excluding steroid dienone is 2. The van der Waals surface area contributed by atoms with Crippen molar-refractivity contribution in [2.24, 2.45) is 0 Å². The Morgan fingerprint density at radius 2 is 1.86 bits per heavy atom. The van der Waals surface area contributed by atoms with E-state index >= 15 is 0 Å². The molecule has 4 rings (SSSR count). The summed E-state index contributed by atoms with van der Waals surface area (Å²) in [6.07, 6.45) is 6.95. The summed E-state index contributed by atoms with van der Waals surface area (Å²) in [5.41, 5.74) is 1.62. The van der Waals surface area contributed by atoms with Crippen molar-refractivity contribution in [1.29, 1.82) is 0 Å². The number of aromatic nitrogens is 2. The van der Waals surface area contributed by atoms with Crippen LogP contribution in [0, 0.1) is 0 Å². The number of nitrogens with zero attached hydrogens (tertiary/aromatic N) is 3. The molecule has 2 aromatic carbocycles. The summed E-state index contributed by atoms with van der Waals surface area (Å²) < 4.78 is 0. The maximum absolute atomic E-state index is 6.37. The summed E-state index contributed by atoms with van der Waals surface area (Å²) in [7, 11) is 0. The van der Waals surface area contributed by atoms with Crippen LogP contribution in [0.1, 0.15) is 6.42 Å². The van der Waals surface area contributed by atoms with Crippen LogP contribution in [0.15, 0.2) is 66.5 Å². The second kappa shape index (κ2) is 9.16. The highest BCUT2D eigenvalue weighted by Gasteiger charge is 2.12. The monoisotopic (exact) mass is 424 g/mol. The minimum atomic E-state index is 0.529. The minimum Gasteiger partial charge on any atom is -0.482 e. The molecule has 1 aliphatic rings. The van der Waals surface area contributed by atoms with Crippen LogP contribution in [0.2, 0.25) is 10.0 Å². The van der Waals surface area contributed by atoms with Gasteiger partial charge in [0.1, 0.15) is 5.82 Å². The van der Waals surface area contributed by atoms with Crippen molar-refractivity contribution in [3.63, 3.8) is 0 Å². The van der Waals surface area contributed by atoms with Crippen molar-refractivity contribution in [1.82, 2.24) is 15.3 Å². The van der Waals surface area contributed by atoms with Crippen LogP contribution in [-0.4, -0.2) is 29.6 Å². The van der Waals surface area contributed by atoms with Gasteiger partial charge in [-0.15, -0.1) is 0 Å². The van der Waals surface area contributed by atoms with E-state index in [1.165, 1.54) is 0 Å². The van der Waals surface area contributed by atoms with E-state index in [1.54, 1.807) is 12.1 Å². The van der Waals surface area contributed by atoms with Crippen LogP contribution in [0.4, 0.5) is 5.82 Å². The molecular formula is C22H20Cl2N5-. The summed E-state index contributed by atoms with van der Waals surface area (Å²) >= 11 is 12.4. The van der Waals surface area contributed by atoms with Crippen LogP contribution in [0.25, 0.3) is 27.6 Å². The van der Waals surface area contributed by atoms with Crippen LogP contribution in [0.5, 0.6) is 0 Å². The highest BCUT2D eigenvalue weighted by molar-refractivity contribution is 6.36. The highest BCUT2D eigenvalue weighted by Crippen LogP contribution is 2.31. The molecule has 0 unspecified atom stereocenters. The maximum Gasteiger partial charge on any atom is 0.163 e. The van der Waals surface area contributed by atoms with Crippen LogP contribution >= 0.6 is 23.2 Å². The fraction of sp³-hybridized carbons (Fsp3) is 0.182. The van der Waals surface area contributed by atoms with Gasteiger partial charge in [0, 0.05) is 22.5 Å². The topological polar surface area (TPSA) is 63.9 Å². The van der Waals surface area contributed by atoms with E-state index in [4.69, 9.17) is 28.2 Å². The lowest BCUT2D eigenvalue weighted by atomic mass is 10.1. The molecule has 1 aromatic heterocycles. The lowest BCUT2D eigenvalue weighted by molar-refractivity contribution is 0.749. The quantitative estimate of drug-likeness (QED) is 0.471. The zero-order chi connectivity index (χ0) is 20.1. The highest BCUT2D eigenvalue weighted by atomic mass is 35.5. The zero-order valence-electron chi connectivity index (χ0n) is 15.7. The van der Waals surface area contributed by atoms with E-state index in [-0.39, 0.29) is 0 Å². The van der Waals surface area contributed by atoms with Crippen molar-refractivity contribution in [2.75, 3.05) is 25.0 Å². The van der Waals surface area contributed by atoms with Gasteiger partial charge in [-0.3, -0.25) is 0 Å². The number of nitrogens with one attached hydrogen (secondary N) is 2. The third-order valence-corrected chi connectivity index (χ3v) is 5.03. The average molecular weight is 425 g/mol. The number of fused-ring (bicyclic) bond motifs is 1. The van der Waals surface area contributed by atoms with Crippen molar-refractivity contribution in [3.8, 4) is 11.4 Å². The lowest BCUT2D eigenvalue weighted by Crippen LogP contribution is -2.18. The fourth-order valence-electron chi connectivity index (χ4n) is 3.05. The zero-order valence-corrected chi connectivity index (χ0v) is 17.2. The predicted octanol–water partition coefficient (Wildman–Crippen LogP) is 5.78. The van der Waals surface area contributed by atoms with Gasteiger partial charge in [0.15, 0.2) is 5.82 Å². The molecule has 0 spiro atoms. The Morgan fingerprint density at radius 1 is 1.00 bits per heavy atom. The molecule has 0 radical (unpaired) electrons. The number of halogens is 2. The van der Waals surface area contributed by atoms with Crippen molar-refractivity contribution in [2.45, 2.75) is 6.42 Å². The lowest BCUT2D eigenvalue weighted by Gasteiger charge is -2.23. The number of anilines is 1. The molecular weight excluding hydrogens is 405 g/mol. The van der Waals surface area contributed by atoms with Gasteiger partial charge < -0.3 is 16.0 Å². The Morgan fingerprint density at radius 3 is 2.69 bits per heavy atom. The molecule has 0 saturated carbocycles. The SMILES string of the molecule is Clc1ccc(-c2nc(NCCCNC3=CC=CC[N-]3)c3ccccc3n2)c(Cl)c1. The molecule has 0 aliphatic carbocycles. The second-order valence-corrected chi connectivity index (χ2v) is 7.41. The van der Waals surface area contributed by atoms with Gasteiger partial charge in [0.25, 0.3) is 0 Å². The standard InChI is InChI=1S/C22H20Cl2N5/c23-15-9-10-16(18(24)14-15)22-28-19-7-2-1-6-17(19)21(29-22)27-13-5-12-26-20-8-3-4-11-25-20/h1-4,6-10,14,26H,5,11-13H2,(H,27,28,29)/q-1. The van der Waals surface area contributed by atoms with E-state index in [0.29, 0.717) is 15.9 Å². The normalized spacial score (nSPS) is 13.1. The first-order valence-electron chi connectivity index (χ1n) is 9.45. The first-order valence-corrected chi connectivity index (χ1v) is 10.2. The van der Waals surface area contributed by atoms with Crippen LogP contribution in [0.3, 0.4) is 0 Å². The predicted molar refractivity (Wildman–Crippen MR) is 122 cm³/mol. The largest absolute Gasteiger partial charge is 0.482 e. The molecule has 3 aromatic rings. The Bertz CT molecular complexity index is 1080. The molecule has 0 amide bonds. The smallest absolute Gasteiger partial charge is 0.163 e. The van der Waals surface area contributed by atoms with E-state index in [2.05, 4.69) is 20.9 Å². The molecule has 2 N–H and O–H groups in total. The van der Waals surface area contributed by atoms with Gasteiger partial charge >= 0.3 is 0 Å². The molecule has 29 heavy (non-hydrogen) atoms. The van der Waals surface area contributed by atoms with Crippen molar-refractivity contribution < 1.29 is 0 Å². The second-order valence-electron chi connectivity index (χ2n) is 6.56. The first kappa shape index (κ1) is 19.6. The third kappa shape index (κ3) is 4.81. The molecule has 148 valence electrons. The van der Waals surface area contributed by atoms with Crippen LogP contribution < -0.4 is 10.6 Å². The van der Waals surface area contributed by atoms with Gasteiger partial charge in [0.05, 0.1) is 10.5 Å². The summed E-state index contributed by atoms with van der Waals surface area (Å²) in [6.45, 7) is 2.33. The van der Waals surface area contributed by atoms with E-state index in [0.717, 1.165) is 54.2 Å². The summed E-state index contributed by atoms with van der Waals surface area (Å²) in [5.74, 6) is 2.30. The third-order valence-electron chi connectivity index (χ3n) is 4.48. The van der Waals surface area contributed by atoms with Gasteiger partial charge in [-0.2, -0.15) is 0 Å². The number of rotatable bonds is 7. The van der Waals surface area contributed by atoms with Gasteiger partial charge in [0.2, 0.25) is 0 Å². The molecule has 1 aliphatic heterocycles. The molecule has 7 heteroatoms. The van der Waals surface area contributed by atoms with E-state index in [1.807, 2.05) is 48.6 Å². The number of para-hydroxylation sites is 1. The Kier molecular flexibility index (Phi) is 6.17. The molecule has 0 saturated heterocycles. The summed E-state index contributed by atoms with van der Waals surface area (Å²) in [5, 5.41) is 13.3. The van der Waals surface area contributed by atoms with E-state index < -0.39 is 0 Å². The Balaban J connectivity index is 1.50. The van der Waals surface area contributed by atoms with Gasteiger partial charge in [-0.05, 0) is 43.3 Å². The van der Waals surface area contributed by atoms with Gasteiger partial charge in [-0.1, -0.05) is 65.9 Å². The average Bonchev–Trinajstić information content (AvgIpc) is 2.74. The molecule has 0 atom stereocenters. The number of benzene rings is 2. The fourth-order valence-corrected chi connectivity index (χ4v) is 3.55. The van der Waals surface area contributed by atoms with Crippen LogP contribution in [-0.2, 0) is 0 Å². The molecule has 0 fully saturated rings. The summed E-state index contributed by atoms with van der Waals surface area (Å²) in [6, 6.07) is 13.3. The Hall–Kier alpha value is -2.76. The van der Waals surface area contributed by atoms with E-state index in [9.17, 15) is 0 Å². The summed E-state index contributed by atoms with van der Waals surface area (Å²) in [4.78, 5) is 9.42. The van der Waals surface area contributed by atoms with Crippen molar-refractivity contribution in [3.05, 3.63) is 81.9 Å². The number of hydrogen-bond acceptors (Lipinski definition) is 4. The Labute approximate surface area is 179 Å². The van der Waals surface area contributed by atoms with Gasteiger partial charge in [-0.25, -0.2) is 9.97 Å².